The van der Waals surface area contributed by atoms with Crippen molar-refractivity contribution in [1.82, 2.24) is 0 Å². The average Bonchev–Trinajstić information content (AvgIpc) is 3.75. The van der Waals surface area contributed by atoms with Crippen LogP contribution in [-0.4, -0.2) is 0 Å². The second kappa shape index (κ2) is 12.7. The molecule has 0 spiro atoms. The van der Waals surface area contributed by atoms with Crippen molar-refractivity contribution in [3.8, 4) is 44.5 Å². The molecule has 0 fully saturated rings. The summed E-state index contributed by atoms with van der Waals surface area (Å²) >= 11 is 0. The van der Waals surface area contributed by atoms with Gasteiger partial charge in [-0.2, -0.15) is 0 Å². The molecular weight excluding hydrogens is 747 g/mol. The largest absolute Gasteiger partial charge is 0.310 e. The van der Waals surface area contributed by atoms with Gasteiger partial charge >= 0.3 is 0 Å². The summed E-state index contributed by atoms with van der Waals surface area (Å²) in [5.41, 5.74) is 24.8. The van der Waals surface area contributed by atoms with Gasteiger partial charge in [0.05, 0.1) is 0 Å². The van der Waals surface area contributed by atoms with Crippen LogP contribution in [0.25, 0.3) is 66.1 Å². The Morgan fingerprint density at radius 2 is 0.903 bits per heavy atom. The Kier molecular flexibility index (Phi) is 7.59. The van der Waals surface area contributed by atoms with Gasteiger partial charge in [0.15, 0.2) is 0 Å². The van der Waals surface area contributed by atoms with Crippen molar-refractivity contribution >= 4 is 38.6 Å². The van der Waals surface area contributed by atoms with E-state index < -0.39 is 0 Å². The lowest BCUT2D eigenvalue weighted by molar-refractivity contribution is 0.652. The van der Waals surface area contributed by atoms with Crippen LogP contribution in [0.3, 0.4) is 0 Å². The second-order valence-corrected chi connectivity index (χ2v) is 19.9. The van der Waals surface area contributed by atoms with Crippen LogP contribution >= 0.6 is 0 Å². The van der Waals surface area contributed by atoms with Crippen molar-refractivity contribution in [2.45, 2.75) is 71.6 Å². The summed E-state index contributed by atoms with van der Waals surface area (Å²) < 4.78 is 0. The normalized spacial score (nSPS) is 15.5. The Bertz CT molecular complexity index is 3390. The van der Waals surface area contributed by atoms with Gasteiger partial charge in [-0.25, -0.2) is 0 Å². The number of nitrogens with zero attached hydrogens (tertiary/aromatic N) is 1. The molecule has 0 heterocycles. The van der Waals surface area contributed by atoms with E-state index in [0.29, 0.717) is 0 Å². The van der Waals surface area contributed by atoms with Crippen molar-refractivity contribution < 1.29 is 0 Å². The zero-order chi connectivity index (χ0) is 42.4. The first-order valence-corrected chi connectivity index (χ1v) is 22.3. The summed E-state index contributed by atoms with van der Waals surface area (Å²) in [6.45, 7) is 19.0. The van der Waals surface area contributed by atoms with E-state index in [0.717, 1.165) is 0 Å². The molecule has 0 bridgehead atoms. The molecule has 1 nitrogen and oxygen atoms in total. The van der Waals surface area contributed by atoms with Crippen LogP contribution in [0.15, 0.2) is 164 Å². The van der Waals surface area contributed by atoms with Crippen molar-refractivity contribution in [3.63, 3.8) is 0 Å². The minimum Gasteiger partial charge on any atom is -0.310 e. The summed E-state index contributed by atoms with van der Waals surface area (Å²) in [7, 11) is 0. The standard InChI is InChI=1S/C61H51N/c1-36-22-29-56(37(2)30-36)62(41-25-27-46-52(32-41)61(7,8)55-33-47(38-16-10-9-11-17-38)43-20-14-15-21-45(43)58(46)55)40-24-26-44-48-34-54-49(35-53(48)60(5,6)51(44)31-40)57-42-19-13-12-18-39(42)23-28-50(57)59(54,3)4/h9-35H,1-8H3. The van der Waals surface area contributed by atoms with E-state index in [4.69, 9.17) is 0 Å². The fraction of sp³-hybridized carbons (Fsp3) is 0.180. The SMILES string of the molecule is Cc1ccc(N(c2ccc3c(c2)C(C)(C)c2cc4c(cc2-3)C(C)(C)c2ccc3ccccc3c2-4)c2ccc3c(c2)C(C)(C)c2cc(-c4ccccc4)c4ccccc4c2-3)c(C)c1. The van der Waals surface area contributed by atoms with Gasteiger partial charge < -0.3 is 4.90 Å². The Morgan fingerprint density at radius 3 is 1.65 bits per heavy atom. The molecule has 1 heteroatoms. The summed E-state index contributed by atoms with van der Waals surface area (Å²) in [6.07, 6.45) is 0. The van der Waals surface area contributed by atoms with Gasteiger partial charge in [-0.15, -0.1) is 0 Å². The highest BCUT2D eigenvalue weighted by Crippen LogP contribution is 2.59. The molecule has 0 N–H and O–H groups in total. The molecule has 0 unspecified atom stereocenters. The summed E-state index contributed by atoms with van der Waals surface area (Å²) in [5, 5.41) is 5.27. The van der Waals surface area contributed by atoms with Crippen LogP contribution in [0.1, 0.15) is 86.1 Å². The van der Waals surface area contributed by atoms with Crippen LogP contribution in [-0.2, 0) is 16.2 Å². The number of hydrogen-bond donors (Lipinski definition) is 0. The molecule has 9 aromatic rings. The van der Waals surface area contributed by atoms with Gasteiger partial charge in [0.25, 0.3) is 0 Å². The Labute approximate surface area is 366 Å². The maximum atomic E-state index is 2.55. The fourth-order valence-electron chi connectivity index (χ4n) is 11.9. The first-order chi connectivity index (χ1) is 29.8. The van der Waals surface area contributed by atoms with Crippen LogP contribution < -0.4 is 4.90 Å². The molecule has 0 radical (unpaired) electrons. The zero-order valence-corrected chi connectivity index (χ0v) is 37.0. The second-order valence-electron chi connectivity index (χ2n) is 19.9. The summed E-state index contributed by atoms with van der Waals surface area (Å²) in [4.78, 5) is 2.52. The summed E-state index contributed by atoms with van der Waals surface area (Å²) in [5.74, 6) is 0. The van der Waals surface area contributed by atoms with Crippen molar-refractivity contribution in [1.29, 1.82) is 0 Å². The third-order valence-electron chi connectivity index (χ3n) is 15.2. The molecule has 0 aliphatic heterocycles. The smallest absolute Gasteiger partial charge is 0.0490 e. The first kappa shape index (κ1) is 37.1. The van der Waals surface area contributed by atoms with E-state index in [1.54, 1.807) is 0 Å². The lowest BCUT2D eigenvalue weighted by atomic mass is 9.79. The van der Waals surface area contributed by atoms with E-state index in [9.17, 15) is 0 Å². The lowest BCUT2D eigenvalue weighted by Gasteiger charge is -2.31. The van der Waals surface area contributed by atoms with Gasteiger partial charge in [-0.05, 0) is 167 Å². The molecule has 3 aliphatic carbocycles. The maximum Gasteiger partial charge on any atom is 0.0490 e. The fourth-order valence-corrected chi connectivity index (χ4v) is 11.9. The number of rotatable bonds is 4. The molecule has 0 saturated heterocycles. The van der Waals surface area contributed by atoms with Gasteiger partial charge in [0.1, 0.15) is 0 Å². The van der Waals surface area contributed by atoms with Crippen molar-refractivity contribution in [3.05, 3.63) is 208 Å². The van der Waals surface area contributed by atoms with Crippen LogP contribution in [0, 0.1) is 13.8 Å². The van der Waals surface area contributed by atoms with E-state index in [2.05, 4.69) is 224 Å². The molecular formula is C61H51N. The molecule has 300 valence electrons. The molecule has 0 atom stereocenters. The molecule has 0 aromatic heterocycles. The van der Waals surface area contributed by atoms with Crippen LogP contribution in [0.2, 0.25) is 0 Å². The quantitative estimate of drug-likeness (QED) is 0.171. The first-order valence-electron chi connectivity index (χ1n) is 22.3. The monoisotopic (exact) mass is 797 g/mol. The van der Waals surface area contributed by atoms with Crippen molar-refractivity contribution in [2.24, 2.45) is 0 Å². The van der Waals surface area contributed by atoms with E-state index >= 15 is 0 Å². The van der Waals surface area contributed by atoms with Gasteiger partial charge in [0.2, 0.25) is 0 Å². The third kappa shape index (κ3) is 4.97. The summed E-state index contributed by atoms with van der Waals surface area (Å²) in [6, 6.07) is 62.5. The number of aryl methyl sites for hydroxylation is 2. The minimum absolute atomic E-state index is 0.0905. The van der Waals surface area contributed by atoms with Crippen LogP contribution in [0.5, 0.6) is 0 Å². The number of fused-ring (bicyclic) bond motifs is 13. The zero-order valence-electron chi connectivity index (χ0n) is 37.0. The molecule has 9 aromatic carbocycles. The molecule has 0 saturated carbocycles. The lowest BCUT2D eigenvalue weighted by Crippen LogP contribution is -2.18. The third-order valence-corrected chi connectivity index (χ3v) is 15.2. The Hall–Kier alpha value is -6.70. The topological polar surface area (TPSA) is 3.24 Å². The molecule has 3 aliphatic rings. The van der Waals surface area contributed by atoms with Gasteiger partial charge in [-0.3, -0.25) is 0 Å². The van der Waals surface area contributed by atoms with E-state index in [1.807, 2.05) is 0 Å². The molecule has 0 amide bonds. The van der Waals surface area contributed by atoms with E-state index in [-0.39, 0.29) is 16.2 Å². The van der Waals surface area contributed by atoms with Gasteiger partial charge in [-0.1, -0.05) is 162 Å². The minimum atomic E-state index is -0.206. The molecule has 12 rings (SSSR count). The maximum absolute atomic E-state index is 2.55. The average molecular weight is 798 g/mol. The highest BCUT2D eigenvalue weighted by atomic mass is 15.1. The molecule has 62 heavy (non-hydrogen) atoms. The Balaban J connectivity index is 1.02. The number of benzene rings is 9. The van der Waals surface area contributed by atoms with Gasteiger partial charge in [0, 0.05) is 33.3 Å². The van der Waals surface area contributed by atoms with Crippen molar-refractivity contribution in [2.75, 3.05) is 4.90 Å². The number of hydrogen-bond acceptors (Lipinski definition) is 1. The predicted octanol–water partition coefficient (Wildman–Crippen LogP) is 16.7. The highest BCUT2D eigenvalue weighted by Gasteiger charge is 2.43. The predicted molar refractivity (Wildman–Crippen MR) is 264 cm³/mol. The van der Waals surface area contributed by atoms with E-state index in [1.165, 1.54) is 128 Å². The highest BCUT2D eigenvalue weighted by molar-refractivity contribution is 6.09. The number of anilines is 3. The van der Waals surface area contributed by atoms with Crippen LogP contribution in [0.4, 0.5) is 17.1 Å². The Morgan fingerprint density at radius 1 is 0.355 bits per heavy atom.